The fourth-order valence-electron chi connectivity index (χ4n) is 2.84. The van der Waals surface area contributed by atoms with Crippen LogP contribution in [0.2, 0.25) is 0 Å². The second kappa shape index (κ2) is 5.87. The number of aryl methyl sites for hydroxylation is 1. The Hall–Kier alpha value is -2.47. The molecule has 0 radical (unpaired) electrons. The van der Waals surface area contributed by atoms with Crippen molar-refractivity contribution in [1.82, 2.24) is 14.5 Å². The van der Waals surface area contributed by atoms with Gasteiger partial charge in [0.25, 0.3) is 0 Å². The Balaban J connectivity index is 2.22. The fraction of sp³-hybridized carbons (Fsp3) is 0.462. The first kappa shape index (κ1) is 16.4. The molecule has 11 heteroatoms. The summed E-state index contributed by atoms with van der Waals surface area (Å²) in [5.74, 6) is 0.270. The fourth-order valence-corrected chi connectivity index (χ4v) is 2.84. The number of aliphatic hydroxyl groups excluding tert-OH is 3. The summed E-state index contributed by atoms with van der Waals surface area (Å²) in [6.07, 6.45) is -3.13. The molecule has 0 unspecified atom stereocenters. The third-order valence-corrected chi connectivity index (χ3v) is 3.99. The minimum Gasteiger partial charge on any atom is -0.409 e. The number of amidine groups is 1. The number of hydrogen-bond donors (Lipinski definition) is 6. The van der Waals surface area contributed by atoms with Gasteiger partial charge < -0.3 is 41.3 Å². The van der Waals surface area contributed by atoms with Crippen molar-refractivity contribution in [3.05, 3.63) is 17.6 Å². The van der Waals surface area contributed by atoms with Crippen molar-refractivity contribution in [2.75, 3.05) is 12.3 Å². The Morgan fingerprint density at radius 3 is 2.67 bits per heavy atom. The van der Waals surface area contributed by atoms with Crippen LogP contribution in [-0.2, 0) is 4.74 Å². The lowest BCUT2D eigenvalue weighted by molar-refractivity contribution is -0.0508. The van der Waals surface area contributed by atoms with Crippen molar-refractivity contribution in [2.45, 2.75) is 31.5 Å². The first-order valence-corrected chi connectivity index (χ1v) is 7.14. The lowest BCUT2D eigenvalue weighted by atomic mass is 10.1. The van der Waals surface area contributed by atoms with Gasteiger partial charge in [0.05, 0.1) is 17.6 Å². The van der Waals surface area contributed by atoms with Gasteiger partial charge in [-0.1, -0.05) is 5.16 Å². The van der Waals surface area contributed by atoms with Crippen molar-refractivity contribution in [3.8, 4) is 0 Å². The van der Waals surface area contributed by atoms with Gasteiger partial charge in [-0.05, 0) is 6.92 Å². The van der Waals surface area contributed by atoms with Crippen LogP contribution in [0.3, 0.4) is 0 Å². The maximum atomic E-state index is 10.2. The molecule has 8 N–H and O–H groups in total. The van der Waals surface area contributed by atoms with Gasteiger partial charge in [-0.15, -0.1) is 0 Å². The Labute approximate surface area is 135 Å². The molecule has 24 heavy (non-hydrogen) atoms. The molecule has 0 bridgehead atoms. The van der Waals surface area contributed by atoms with E-state index in [0.717, 1.165) is 0 Å². The van der Waals surface area contributed by atoms with Gasteiger partial charge in [-0.3, -0.25) is 0 Å². The number of aliphatic hydroxyl groups is 3. The summed E-state index contributed by atoms with van der Waals surface area (Å²) < 4.78 is 6.92. The van der Waals surface area contributed by atoms with Crippen LogP contribution in [0, 0.1) is 6.92 Å². The first-order chi connectivity index (χ1) is 11.4. The van der Waals surface area contributed by atoms with Crippen LogP contribution in [-0.4, -0.2) is 65.8 Å². The SMILES string of the molecule is Cc1nc(N)c2c(/C(N)=N/O)cn([C@@H]3O[C@H](CO)[C@@H](O)[C@H]3O)c2n1. The molecule has 1 fully saturated rings. The minimum atomic E-state index is -1.31. The Morgan fingerprint density at radius 1 is 1.38 bits per heavy atom. The van der Waals surface area contributed by atoms with Gasteiger partial charge in [0.2, 0.25) is 0 Å². The second-order valence-corrected chi connectivity index (χ2v) is 5.52. The molecule has 0 aromatic carbocycles. The monoisotopic (exact) mass is 338 g/mol. The van der Waals surface area contributed by atoms with Crippen molar-refractivity contribution in [3.63, 3.8) is 0 Å². The topological polar surface area (TPSA) is 185 Å². The molecule has 0 spiro atoms. The number of anilines is 1. The van der Waals surface area contributed by atoms with Crippen molar-refractivity contribution in [1.29, 1.82) is 0 Å². The second-order valence-electron chi connectivity index (χ2n) is 5.52. The average molecular weight is 338 g/mol. The molecule has 1 aliphatic rings. The predicted molar refractivity (Wildman–Crippen MR) is 82.2 cm³/mol. The van der Waals surface area contributed by atoms with Gasteiger partial charge in [-0.2, -0.15) is 0 Å². The van der Waals surface area contributed by atoms with Crippen LogP contribution in [0.15, 0.2) is 11.4 Å². The van der Waals surface area contributed by atoms with Crippen molar-refractivity contribution < 1.29 is 25.3 Å². The van der Waals surface area contributed by atoms with Crippen molar-refractivity contribution in [2.24, 2.45) is 10.9 Å². The van der Waals surface area contributed by atoms with Gasteiger partial charge in [0, 0.05) is 6.20 Å². The number of rotatable bonds is 3. The zero-order valence-electron chi connectivity index (χ0n) is 12.7. The predicted octanol–water partition coefficient (Wildman–Crippen LogP) is -1.97. The van der Waals surface area contributed by atoms with E-state index < -0.39 is 31.1 Å². The van der Waals surface area contributed by atoms with E-state index in [1.165, 1.54) is 10.8 Å². The summed E-state index contributed by atoms with van der Waals surface area (Å²) in [6.45, 7) is 1.17. The maximum absolute atomic E-state index is 10.2. The van der Waals surface area contributed by atoms with Crippen LogP contribution in [0.5, 0.6) is 0 Å². The van der Waals surface area contributed by atoms with E-state index in [-0.39, 0.29) is 22.9 Å². The number of nitrogen functional groups attached to an aromatic ring is 1. The Kier molecular flexibility index (Phi) is 4.01. The van der Waals surface area contributed by atoms with Crippen molar-refractivity contribution >= 4 is 22.7 Å². The summed E-state index contributed by atoms with van der Waals surface area (Å²) in [6, 6.07) is 0. The highest BCUT2D eigenvalue weighted by Gasteiger charge is 2.44. The number of ether oxygens (including phenoxy) is 1. The molecular formula is C13H18N6O5. The zero-order valence-corrected chi connectivity index (χ0v) is 12.7. The smallest absolute Gasteiger partial charge is 0.172 e. The van der Waals surface area contributed by atoms with Gasteiger partial charge >= 0.3 is 0 Å². The van der Waals surface area contributed by atoms with E-state index in [9.17, 15) is 15.3 Å². The Bertz CT molecular complexity index is 806. The standard InChI is InChI=1S/C13H18N6O5/c1-4-16-11(15)7-5(10(14)18-23)2-19(12(7)17-4)13-9(22)8(21)6(3-20)24-13/h2,6,8-9,13,20-23H,3H2,1H3,(H2,14,18)(H2,15,16,17)/t6-,8-,9-,13-/m1/s1. The summed E-state index contributed by atoms with van der Waals surface area (Å²) in [5, 5.41) is 41.6. The molecule has 2 aromatic heterocycles. The minimum absolute atomic E-state index is 0.115. The van der Waals surface area contributed by atoms with Crippen LogP contribution in [0.1, 0.15) is 17.6 Å². The molecule has 1 saturated heterocycles. The summed E-state index contributed by atoms with van der Waals surface area (Å²) >= 11 is 0. The summed E-state index contributed by atoms with van der Waals surface area (Å²) in [7, 11) is 0. The number of hydrogen-bond acceptors (Lipinski definition) is 9. The largest absolute Gasteiger partial charge is 0.409 e. The summed E-state index contributed by atoms with van der Waals surface area (Å²) in [4.78, 5) is 8.33. The molecule has 0 saturated carbocycles. The maximum Gasteiger partial charge on any atom is 0.172 e. The zero-order chi connectivity index (χ0) is 17.6. The quantitative estimate of drug-likeness (QED) is 0.160. The van der Waals surface area contributed by atoms with E-state index in [0.29, 0.717) is 11.2 Å². The van der Waals surface area contributed by atoms with E-state index in [1.54, 1.807) is 6.92 Å². The summed E-state index contributed by atoms with van der Waals surface area (Å²) in [5.41, 5.74) is 12.1. The highest BCUT2D eigenvalue weighted by atomic mass is 16.6. The molecular weight excluding hydrogens is 320 g/mol. The molecule has 3 heterocycles. The van der Waals surface area contributed by atoms with Gasteiger partial charge in [0.15, 0.2) is 12.1 Å². The van der Waals surface area contributed by atoms with Crippen LogP contribution in [0.25, 0.3) is 11.0 Å². The lowest BCUT2D eigenvalue weighted by Crippen LogP contribution is -2.33. The highest BCUT2D eigenvalue weighted by molar-refractivity contribution is 6.11. The molecule has 11 nitrogen and oxygen atoms in total. The van der Waals surface area contributed by atoms with Gasteiger partial charge in [0.1, 0.15) is 35.6 Å². The molecule has 0 amide bonds. The molecule has 1 aliphatic heterocycles. The normalized spacial score (nSPS) is 27.9. The first-order valence-electron chi connectivity index (χ1n) is 7.14. The highest BCUT2D eigenvalue weighted by Crippen LogP contribution is 2.34. The molecule has 2 aromatic rings. The van der Waals surface area contributed by atoms with E-state index in [1.807, 2.05) is 0 Å². The molecule has 4 atom stereocenters. The third-order valence-electron chi connectivity index (χ3n) is 3.99. The van der Waals surface area contributed by atoms with Crippen LogP contribution < -0.4 is 11.5 Å². The van der Waals surface area contributed by atoms with Gasteiger partial charge in [-0.25, -0.2) is 9.97 Å². The molecule has 0 aliphatic carbocycles. The Morgan fingerprint density at radius 2 is 2.08 bits per heavy atom. The van der Waals surface area contributed by atoms with E-state index >= 15 is 0 Å². The van der Waals surface area contributed by atoms with Crippen LogP contribution in [0.4, 0.5) is 5.82 Å². The van der Waals surface area contributed by atoms with E-state index in [4.69, 9.17) is 21.4 Å². The lowest BCUT2D eigenvalue weighted by Gasteiger charge is -2.17. The molecule has 130 valence electrons. The molecule has 3 rings (SSSR count). The number of aromatic nitrogens is 3. The number of oxime groups is 1. The number of nitrogens with zero attached hydrogens (tertiary/aromatic N) is 4. The number of nitrogens with two attached hydrogens (primary N) is 2. The third kappa shape index (κ3) is 2.34. The van der Waals surface area contributed by atoms with Crippen LogP contribution >= 0.6 is 0 Å². The number of fused-ring (bicyclic) bond motifs is 1. The van der Waals surface area contributed by atoms with E-state index in [2.05, 4.69) is 15.1 Å². The average Bonchev–Trinajstić information content (AvgIpc) is 3.06.